The molecule has 156 valence electrons. The summed E-state index contributed by atoms with van der Waals surface area (Å²) in [5.74, 6) is 0.177. The van der Waals surface area contributed by atoms with Crippen molar-refractivity contribution in [3.8, 4) is 0 Å². The fourth-order valence-electron chi connectivity index (χ4n) is 4.09. The van der Waals surface area contributed by atoms with Crippen LogP contribution in [0.2, 0.25) is 0 Å². The summed E-state index contributed by atoms with van der Waals surface area (Å²) < 4.78 is 3.18. The first-order valence-corrected chi connectivity index (χ1v) is 10.3. The number of carbonyl (C=O) groups is 1. The van der Waals surface area contributed by atoms with Gasteiger partial charge >= 0.3 is 5.69 Å². The molecule has 1 aliphatic rings. The number of rotatable bonds is 5. The molecule has 0 fully saturated rings. The van der Waals surface area contributed by atoms with E-state index in [0.717, 1.165) is 28.7 Å². The van der Waals surface area contributed by atoms with Gasteiger partial charge < -0.3 is 4.90 Å². The van der Waals surface area contributed by atoms with Crippen molar-refractivity contribution >= 4 is 5.91 Å². The average Bonchev–Trinajstić information content (AvgIpc) is 3.06. The van der Waals surface area contributed by atoms with Gasteiger partial charge in [-0.3, -0.25) is 14.3 Å². The average molecular weight is 406 g/mol. The number of aromatic nitrogens is 4. The number of carbonyl (C=O) groups excluding carboxylic acids is 1. The molecule has 0 radical (unpaired) electrons. The van der Waals surface area contributed by atoms with Gasteiger partial charge in [-0.1, -0.05) is 29.8 Å². The maximum Gasteiger partial charge on any atom is 0.346 e. The minimum Gasteiger partial charge on any atom is -0.341 e. The van der Waals surface area contributed by atoms with Gasteiger partial charge in [-0.25, -0.2) is 9.48 Å². The Labute approximate surface area is 176 Å². The van der Waals surface area contributed by atoms with Crippen LogP contribution < -0.4 is 5.69 Å². The van der Waals surface area contributed by atoms with E-state index in [4.69, 9.17) is 0 Å². The first kappa shape index (κ1) is 20.1. The smallest absolute Gasteiger partial charge is 0.341 e. The molecular weight excluding hydrogens is 378 g/mol. The van der Waals surface area contributed by atoms with Gasteiger partial charge in [-0.15, -0.1) is 0 Å². The van der Waals surface area contributed by atoms with Crippen LogP contribution in [0, 0.1) is 13.8 Å². The molecule has 0 saturated carbocycles. The van der Waals surface area contributed by atoms with Crippen LogP contribution in [0.1, 0.15) is 46.8 Å². The zero-order valence-corrected chi connectivity index (χ0v) is 17.7. The van der Waals surface area contributed by atoms with Crippen molar-refractivity contribution in [2.24, 2.45) is 0 Å². The number of hydrogen-bond donors (Lipinski definition) is 0. The zero-order chi connectivity index (χ0) is 21.3. The molecule has 1 aromatic carbocycles. The Bertz CT molecular complexity index is 1120. The Balaban J connectivity index is 1.59. The summed E-state index contributed by atoms with van der Waals surface area (Å²) in [7, 11) is 1.79. The van der Waals surface area contributed by atoms with Crippen LogP contribution in [0.3, 0.4) is 0 Å². The molecule has 0 N–H and O–H groups in total. The number of pyridine rings is 1. The molecule has 7 nitrogen and oxygen atoms in total. The number of nitrogens with zero attached hydrogens (tertiary/aromatic N) is 5. The molecule has 1 atom stereocenters. The summed E-state index contributed by atoms with van der Waals surface area (Å²) in [5, 5.41) is 4.62. The van der Waals surface area contributed by atoms with Gasteiger partial charge in [0.1, 0.15) is 5.82 Å². The van der Waals surface area contributed by atoms with Crippen molar-refractivity contribution in [1.29, 1.82) is 0 Å². The van der Waals surface area contributed by atoms with Gasteiger partial charge in [-0.05, 0) is 49.4 Å². The fourth-order valence-corrected chi connectivity index (χ4v) is 4.09. The third-order valence-corrected chi connectivity index (χ3v) is 5.78. The van der Waals surface area contributed by atoms with Crippen molar-refractivity contribution in [2.75, 3.05) is 7.05 Å². The molecular formula is C23H27N5O2. The summed E-state index contributed by atoms with van der Waals surface area (Å²) in [4.78, 5) is 32.0. The number of benzene rings is 1. The van der Waals surface area contributed by atoms with Gasteiger partial charge in [0.05, 0.1) is 12.5 Å². The molecule has 1 amide bonds. The van der Waals surface area contributed by atoms with E-state index in [1.165, 1.54) is 4.68 Å². The normalized spacial score (nSPS) is 15.6. The number of likely N-dealkylation sites (N-methyl/N-ethyl adjacent to an activating group) is 1. The quantitative estimate of drug-likeness (QED) is 0.654. The molecule has 3 aromatic rings. The molecule has 0 saturated heterocycles. The number of hydrogen-bond acceptors (Lipinski definition) is 4. The third kappa shape index (κ3) is 3.92. The molecule has 7 heteroatoms. The van der Waals surface area contributed by atoms with Crippen LogP contribution in [0.5, 0.6) is 0 Å². The van der Waals surface area contributed by atoms with Crippen LogP contribution in [0.25, 0.3) is 0 Å². The predicted molar refractivity (Wildman–Crippen MR) is 114 cm³/mol. The lowest BCUT2D eigenvalue weighted by atomic mass is 9.97. The highest BCUT2D eigenvalue weighted by Gasteiger charge is 2.33. The van der Waals surface area contributed by atoms with Crippen molar-refractivity contribution in [3.63, 3.8) is 0 Å². The number of fused-ring (bicyclic) bond motifs is 1. The lowest BCUT2D eigenvalue weighted by Crippen LogP contribution is -2.36. The molecule has 0 bridgehead atoms. The Morgan fingerprint density at radius 3 is 2.87 bits per heavy atom. The van der Waals surface area contributed by atoms with E-state index in [1.807, 2.05) is 26.0 Å². The van der Waals surface area contributed by atoms with E-state index < -0.39 is 5.92 Å². The van der Waals surface area contributed by atoms with E-state index in [1.54, 1.807) is 28.9 Å². The Morgan fingerprint density at radius 1 is 1.27 bits per heavy atom. The second kappa shape index (κ2) is 8.26. The highest BCUT2D eigenvalue weighted by molar-refractivity contribution is 5.82. The second-order valence-electron chi connectivity index (χ2n) is 8.13. The summed E-state index contributed by atoms with van der Waals surface area (Å²) >= 11 is 0. The highest BCUT2D eigenvalue weighted by Crippen LogP contribution is 2.27. The van der Waals surface area contributed by atoms with Gasteiger partial charge in [0.15, 0.2) is 0 Å². The van der Waals surface area contributed by atoms with Crippen LogP contribution in [-0.4, -0.2) is 37.2 Å². The van der Waals surface area contributed by atoms with Gasteiger partial charge in [0.2, 0.25) is 5.91 Å². The van der Waals surface area contributed by atoms with Crippen LogP contribution in [0.4, 0.5) is 0 Å². The van der Waals surface area contributed by atoms with Crippen molar-refractivity contribution in [2.45, 2.75) is 52.2 Å². The van der Waals surface area contributed by atoms with Crippen LogP contribution in [-0.2, 0) is 24.4 Å². The largest absolute Gasteiger partial charge is 0.346 e. The maximum atomic E-state index is 13.2. The first-order valence-electron chi connectivity index (χ1n) is 10.3. The Hall–Kier alpha value is -3.22. The Kier molecular flexibility index (Phi) is 5.53. The summed E-state index contributed by atoms with van der Waals surface area (Å²) in [6.45, 7) is 5.58. The molecule has 4 rings (SSSR count). The molecule has 1 aliphatic heterocycles. The summed E-state index contributed by atoms with van der Waals surface area (Å²) in [5.41, 5.74) is 4.18. The lowest BCUT2D eigenvalue weighted by molar-refractivity contribution is -0.132. The predicted octanol–water partition coefficient (Wildman–Crippen LogP) is 2.64. The standard InChI is InChI=1S/C23H27N5O2/c1-16-8-9-17(2)19(12-16)15-28-23(30)27-11-5-7-20(21(27)25-28)22(29)26(3)14-18-6-4-10-24-13-18/h4,6,8-10,12-13,20H,5,7,11,14-15H2,1-3H3. The fraction of sp³-hybridized carbons (Fsp3) is 0.391. The van der Waals surface area contributed by atoms with Gasteiger partial charge in [0.25, 0.3) is 0 Å². The lowest BCUT2D eigenvalue weighted by Gasteiger charge is -2.26. The van der Waals surface area contributed by atoms with E-state index in [0.29, 0.717) is 31.9 Å². The molecule has 2 aromatic heterocycles. The third-order valence-electron chi connectivity index (χ3n) is 5.78. The van der Waals surface area contributed by atoms with E-state index >= 15 is 0 Å². The van der Waals surface area contributed by atoms with Crippen molar-refractivity contribution in [1.82, 2.24) is 24.2 Å². The Morgan fingerprint density at radius 2 is 2.10 bits per heavy atom. The molecule has 3 heterocycles. The minimum absolute atomic E-state index is 0.0105. The number of amides is 1. The first-order chi connectivity index (χ1) is 14.4. The topological polar surface area (TPSA) is 73.0 Å². The molecule has 0 aliphatic carbocycles. The van der Waals surface area contributed by atoms with Crippen molar-refractivity contribution in [3.05, 3.63) is 81.3 Å². The summed E-state index contributed by atoms with van der Waals surface area (Å²) in [6.07, 6.45) is 4.97. The highest BCUT2D eigenvalue weighted by atomic mass is 16.2. The SMILES string of the molecule is Cc1ccc(C)c(Cn2nc3n(c2=O)CCCC3C(=O)N(C)Cc2cccnc2)c1. The van der Waals surface area contributed by atoms with E-state index in [-0.39, 0.29) is 11.6 Å². The van der Waals surface area contributed by atoms with Crippen LogP contribution >= 0.6 is 0 Å². The van der Waals surface area contributed by atoms with E-state index in [2.05, 4.69) is 28.3 Å². The van der Waals surface area contributed by atoms with E-state index in [9.17, 15) is 9.59 Å². The van der Waals surface area contributed by atoms with Gasteiger partial charge in [0, 0.05) is 32.5 Å². The molecule has 1 unspecified atom stereocenters. The van der Waals surface area contributed by atoms with Gasteiger partial charge in [-0.2, -0.15) is 5.10 Å². The summed E-state index contributed by atoms with van der Waals surface area (Å²) in [6, 6.07) is 10.0. The minimum atomic E-state index is -0.395. The molecule has 0 spiro atoms. The zero-order valence-electron chi connectivity index (χ0n) is 17.7. The number of aryl methyl sites for hydroxylation is 2. The monoisotopic (exact) mass is 405 g/mol. The van der Waals surface area contributed by atoms with Crippen molar-refractivity contribution < 1.29 is 4.79 Å². The maximum absolute atomic E-state index is 13.2. The van der Waals surface area contributed by atoms with Crippen LogP contribution in [0.15, 0.2) is 47.5 Å². The second-order valence-corrected chi connectivity index (χ2v) is 8.13. The molecule has 30 heavy (non-hydrogen) atoms.